The standard InChI is InChI=1S/C23H24N4O5/c1-13-16(14(2)25-23(31)18(13)11-24)9-10-21(29)32-12-20(28)27-19-6-4-3-5-17(19)22(30)26-15-7-8-15/h3-6,15H,7-10,12H2,1-2H3,(H,25,31)(H,26,30)(H,27,28). The van der Waals surface area contributed by atoms with Crippen molar-refractivity contribution in [1.29, 1.82) is 5.26 Å². The topological polar surface area (TPSA) is 141 Å². The quantitative estimate of drug-likeness (QED) is 0.540. The number of nitrogens with one attached hydrogen (secondary N) is 3. The molecule has 0 unspecified atom stereocenters. The first kappa shape index (κ1) is 22.7. The third-order valence-corrected chi connectivity index (χ3v) is 5.22. The summed E-state index contributed by atoms with van der Waals surface area (Å²) < 4.78 is 5.04. The molecule has 0 aliphatic heterocycles. The van der Waals surface area contributed by atoms with Gasteiger partial charge in [-0.3, -0.25) is 19.2 Å². The van der Waals surface area contributed by atoms with Gasteiger partial charge in [0.2, 0.25) is 0 Å². The Morgan fingerprint density at radius 1 is 1.22 bits per heavy atom. The molecule has 0 bridgehead atoms. The first-order valence-electron chi connectivity index (χ1n) is 10.3. The highest BCUT2D eigenvalue weighted by Gasteiger charge is 2.25. The van der Waals surface area contributed by atoms with Crippen LogP contribution in [-0.4, -0.2) is 35.4 Å². The van der Waals surface area contributed by atoms with E-state index in [1.165, 1.54) is 0 Å². The summed E-state index contributed by atoms with van der Waals surface area (Å²) in [5, 5.41) is 14.6. The summed E-state index contributed by atoms with van der Waals surface area (Å²) in [7, 11) is 0. The van der Waals surface area contributed by atoms with Gasteiger partial charge in [-0.2, -0.15) is 5.26 Å². The molecule has 1 aliphatic rings. The van der Waals surface area contributed by atoms with Gasteiger partial charge in [0.25, 0.3) is 17.4 Å². The number of benzene rings is 1. The predicted molar refractivity (Wildman–Crippen MR) is 116 cm³/mol. The summed E-state index contributed by atoms with van der Waals surface area (Å²) in [6.07, 6.45) is 2.14. The number of nitriles is 1. The van der Waals surface area contributed by atoms with Crippen molar-refractivity contribution in [3.8, 4) is 6.07 Å². The third-order valence-electron chi connectivity index (χ3n) is 5.22. The maximum absolute atomic E-state index is 12.3. The lowest BCUT2D eigenvalue weighted by molar-refractivity contribution is -0.147. The molecule has 0 radical (unpaired) electrons. The van der Waals surface area contributed by atoms with Gasteiger partial charge in [0.05, 0.1) is 11.3 Å². The molecule has 3 N–H and O–H groups in total. The maximum atomic E-state index is 12.3. The van der Waals surface area contributed by atoms with Crippen LogP contribution in [0.15, 0.2) is 29.1 Å². The van der Waals surface area contributed by atoms with Crippen molar-refractivity contribution in [2.75, 3.05) is 11.9 Å². The molecule has 3 rings (SSSR count). The summed E-state index contributed by atoms with van der Waals surface area (Å²) in [5.41, 5.74) is 2.04. The van der Waals surface area contributed by atoms with E-state index in [4.69, 9.17) is 10.00 Å². The second kappa shape index (κ2) is 9.92. The summed E-state index contributed by atoms with van der Waals surface area (Å²) in [6.45, 7) is 2.86. The Kier molecular flexibility index (Phi) is 7.05. The number of anilines is 1. The minimum atomic E-state index is -0.594. The fourth-order valence-corrected chi connectivity index (χ4v) is 3.33. The van der Waals surface area contributed by atoms with Crippen LogP contribution >= 0.6 is 0 Å². The second-order valence-electron chi connectivity index (χ2n) is 7.67. The summed E-state index contributed by atoms with van der Waals surface area (Å²) >= 11 is 0. The Bertz CT molecular complexity index is 1160. The SMILES string of the molecule is Cc1[nH]c(=O)c(C#N)c(C)c1CCC(=O)OCC(=O)Nc1ccccc1C(=O)NC1CC1. The number of carbonyl (C=O) groups is 3. The number of hydrogen-bond acceptors (Lipinski definition) is 6. The largest absolute Gasteiger partial charge is 0.456 e. The van der Waals surface area contributed by atoms with Crippen molar-refractivity contribution in [1.82, 2.24) is 10.3 Å². The highest BCUT2D eigenvalue weighted by molar-refractivity contribution is 6.04. The van der Waals surface area contributed by atoms with Gasteiger partial charge in [-0.1, -0.05) is 12.1 Å². The summed E-state index contributed by atoms with van der Waals surface area (Å²) in [5.74, 6) is -1.42. The molecule has 1 aliphatic carbocycles. The van der Waals surface area contributed by atoms with Crippen LogP contribution < -0.4 is 16.2 Å². The fraction of sp³-hybridized carbons (Fsp3) is 0.348. The second-order valence-corrected chi connectivity index (χ2v) is 7.67. The molecule has 1 fully saturated rings. The van der Waals surface area contributed by atoms with Gasteiger partial charge < -0.3 is 20.4 Å². The Morgan fingerprint density at radius 3 is 2.62 bits per heavy atom. The Balaban J connectivity index is 1.53. The van der Waals surface area contributed by atoms with Crippen molar-refractivity contribution in [3.63, 3.8) is 0 Å². The average Bonchev–Trinajstić information content (AvgIpc) is 3.56. The number of hydrogen-bond donors (Lipinski definition) is 3. The van der Waals surface area contributed by atoms with Gasteiger partial charge in [-0.15, -0.1) is 0 Å². The lowest BCUT2D eigenvalue weighted by Crippen LogP contribution is -2.28. The number of carbonyl (C=O) groups excluding carboxylic acids is 3. The molecule has 166 valence electrons. The molecular weight excluding hydrogens is 412 g/mol. The van der Waals surface area contributed by atoms with Crippen LogP contribution in [0.1, 0.15) is 52.0 Å². The van der Waals surface area contributed by atoms with E-state index in [0.717, 1.165) is 12.8 Å². The number of aryl methyl sites for hydroxylation is 1. The van der Waals surface area contributed by atoms with Crippen molar-refractivity contribution in [3.05, 3.63) is 62.6 Å². The smallest absolute Gasteiger partial charge is 0.306 e. The lowest BCUT2D eigenvalue weighted by atomic mass is 9.99. The molecule has 1 saturated carbocycles. The van der Waals surface area contributed by atoms with Crippen LogP contribution in [-0.2, 0) is 20.7 Å². The van der Waals surface area contributed by atoms with E-state index in [2.05, 4.69) is 15.6 Å². The van der Waals surface area contributed by atoms with Gasteiger partial charge in [-0.05, 0) is 56.4 Å². The Labute approximate surface area is 184 Å². The van der Waals surface area contributed by atoms with Crippen molar-refractivity contribution < 1.29 is 19.1 Å². The number of esters is 1. The minimum Gasteiger partial charge on any atom is -0.456 e. The Morgan fingerprint density at radius 2 is 1.94 bits per heavy atom. The molecule has 32 heavy (non-hydrogen) atoms. The lowest BCUT2D eigenvalue weighted by Gasteiger charge is -2.12. The predicted octanol–water partition coefficient (Wildman–Crippen LogP) is 1.87. The molecule has 9 nitrogen and oxygen atoms in total. The van der Waals surface area contributed by atoms with E-state index in [0.29, 0.717) is 28.1 Å². The molecule has 1 aromatic heterocycles. The number of aromatic amines is 1. The zero-order valence-corrected chi connectivity index (χ0v) is 17.9. The van der Waals surface area contributed by atoms with Crippen LogP contribution in [0.2, 0.25) is 0 Å². The zero-order chi connectivity index (χ0) is 23.3. The minimum absolute atomic E-state index is 0.0164. The Hall–Kier alpha value is -3.93. The molecule has 1 aromatic carbocycles. The van der Waals surface area contributed by atoms with E-state index in [1.807, 2.05) is 6.07 Å². The number of H-pyrrole nitrogens is 1. The molecule has 0 saturated heterocycles. The van der Waals surface area contributed by atoms with E-state index >= 15 is 0 Å². The fourth-order valence-electron chi connectivity index (χ4n) is 3.33. The normalized spacial score (nSPS) is 12.5. The van der Waals surface area contributed by atoms with Crippen LogP contribution in [0.3, 0.4) is 0 Å². The molecule has 9 heteroatoms. The first-order valence-corrected chi connectivity index (χ1v) is 10.3. The van der Waals surface area contributed by atoms with Crippen LogP contribution in [0, 0.1) is 25.2 Å². The number of pyridine rings is 1. The molecular formula is C23H24N4O5. The van der Waals surface area contributed by atoms with Gasteiger partial charge in [-0.25, -0.2) is 0 Å². The van der Waals surface area contributed by atoms with E-state index < -0.39 is 24.0 Å². The van der Waals surface area contributed by atoms with Gasteiger partial charge in [0, 0.05) is 18.2 Å². The monoisotopic (exact) mass is 436 g/mol. The van der Waals surface area contributed by atoms with Crippen LogP contribution in [0.5, 0.6) is 0 Å². The number of nitrogens with zero attached hydrogens (tertiary/aromatic N) is 1. The van der Waals surface area contributed by atoms with E-state index in [1.54, 1.807) is 38.1 Å². The van der Waals surface area contributed by atoms with Crippen LogP contribution in [0.4, 0.5) is 5.69 Å². The van der Waals surface area contributed by atoms with Gasteiger partial charge in [0.1, 0.15) is 11.6 Å². The highest BCUT2D eigenvalue weighted by atomic mass is 16.5. The summed E-state index contributed by atoms with van der Waals surface area (Å²) in [6, 6.07) is 8.67. The maximum Gasteiger partial charge on any atom is 0.306 e. The van der Waals surface area contributed by atoms with Gasteiger partial charge in [0.15, 0.2) is 6.61 Å². The molecule has 2 amide bonds. The van der Waals surface area contributed by atoms with Crippen molar-refractivity contribution in [2.24, 2.45) is 0 Å². The molecule has 0 spiro atoms. The van der Waals surface area contributed by atoms with Crippen molar-refractivity contribution in [2.45, 2.75) is 45.6 Å². The van der Waals surface area contributed by atoms with Crippen molar-refractivity contribution >= 4 is 23.5 Å². The van der Waals surface area contributed by atoms with Crippen LogP contribution in [0.25, 0.3) is 0 Å². The number of aromatic nitrogens is 1. The molecule has 1 heterocycles. The number of rotatable bonds is 8. The number of para-hydroxylation sites is 1. The van der Waals surface area contributed by atoms with E-state index in [-0.39, 0.29) is 30.4 Å². The highest BCUT2D eigenvalue weighted by Crippen LogP contribution is 2.21. The first-order chi connectivity index (χ1) is 15.3. The molecule has 2 aromatic rings. The van der Waals surface area contributed by atoms with Gasteiger partial charge >= 0.3 is 5.97 Å². The zero-order valence-electron chi connectivity index (χ0n) is 17.9. The number of ether oxygens (including phenoxy) is 1. The summed E-state index contributed by atoms with van der Waals surface area (Å²) in [4.78, 5) is 51.1. The average molecular weight is 436 g/mol. The molecule has 0 atom stereocenters. The van der Waals surface area contributed by atoms with E-state index in [9.17, 15) is 19.2 Å². The third kappa shape index (κ3) is 5.60. The number of amides is 2.